The summed E-state index contributed by atoms with van der Waals surface area (Å²) in [5.74, 6) is 0.359. The largest absolute Gasteiger partial charge is 0.481 e. The van der Waals surface area contributed by atoms with Gasteiger partial charge in [-0.1, -0.05) is 0 Å². The van der Waals surface area contributed by atoms with E-state index in [4.69, 9.17) is 19.0 Å². The van der Waals surface area contributed by atoms with Crippen molar-refractivity contribution in [2.45, 2.75) is 33.0 Å². The maximum atomic E-state index is 10.1. The molecular weight excluding hydrogens is 457 g/mol. The first-order chi connectivity index (χ1) is 15.8. The van der Waals surface area contributed by atoms with Crippen LogP contribution in [0.2, 0.25) is 0 Å². The molecule has 33 heavy (non-hydrogen) atoms. The number of ether oxygens (including phenoxy) is 1. The minimum Gasteiger partial charge on any atom is -0.481 e. The summed E-state index contributed by atoms with van der Waals surface area (Å²) in [6.07, 6.45) is 1.29. The predicted molar refractivity (Wildman–Crippen MR) is 107 cm³/mol. The molecule has 13 heteroatoms. The molecular formula is C20H25F3O10. The number of carboxylic acid groups (broad SMARTS) is 1. The van der Waals surface area contributed by atoms with E-state index in [9.17, 15) is 37.1 Å². The van der Waals surface area contributed by atoms with Gasteiger partial charge in [-0.25, -0.2) is 8.78 Å². The summed E-state index contributed by atoms with van der Waals surface area (Å²) < 4.78 is 42.8. The molecule has 2 N–H and O–H groups in total. The molecule has 10 nitrogen and oxygen atoms in total. The lowest BCUT2D eigenvalue weighted by molar-refractivity contribution is -0.138. The number of alkyl halides is 3. The Hall–Kier alpha value is -3.74. The Kier molecular flexibility index (Phi) is 25.2. The van der Waals surface area contributed by atoms with Crippen LogP contribution in [-0.4, -0.2) is 55.1 Å². The molecule has 0 aromatic carbocycles. The number of carbonyl (C=O) groups is 5. The van der Waals surface area contributed by atoms with Gasteiger partial charge in [0.1, 0.15) is 30.5 Å². The molecule has 0 spiro atoms. The Labute approximate surface area is 186 Å². The van der Waals surface area contributed by atoms with Gasteiger partial charge in [-0.2, -0.15) is 0 Å². The van der Waals surface area contributed by atoms with Crippen molar-refractivity contribution in [3.8, 4) is 0 Å². The first kappa shape index (κ1) is 33.9. The minimum atomic E-state index is -1.75. The first-order valence-electron chi connectivity index (χ1n) is 8.72. The number of furan rings is 2. The van der Waals surface area contributed by atoms with Gasteiger partial charge in [-0.15, -0.1) is 0 Å². The van der Waals surface area contributed by atoms with Crippen LogP contribution in [0.5, 0.6) is 0 Å². The maximum absolute atomic E-state index is 10.1. The van der Waals surface area contributed by atoms with E-state index in [1.165, 1.54) is 19.1 Å². The normalized spacial score (nSPS) is 8.42. The van der Waals surface area contributed by atoms with Crippen LogP contribution in [0.25, 0.3) is 0 Å². The average Bonchev–Trinajstić information content (AvgIpc) is 3.48. The lowest BCUT2D eigenvalue weighted by atomic mass is 10.2. The molecule has 0 saturated carbocycles. The van der Waals surface area contributed by atoms with Gasteiger partial charge in [0.15, 0.2) is 24.1 Å². The van der Waals surface area contributed by atoms with Crippen LogP contribution in [0, 0.1) is 0 Å². The Bertz CT molecular complexity index is 773. The second-order valence-electron chi connectivity index (χ2n) is 5.11. The zero-order valence-corrected chi connectivity index (χ0v) is 17.9. The Morgan fingerprint density at radius 2 is 1.39 bits per heavy atom. The van der Waals surface area contributed by atoms with Crippen LogP contribution in [0.15, 0.2) is 33.1 Å². The fourth-order valence-electron chi connectivity index (χ4n) is 1.48. The van der Waals surface area contributed by atoms with E-state index in [2.05, 4.69) is 4.74 Å². The molecule has 2 rings (SSSR count). The summed E-state index contributed by atoms with van der Waals surface area (Å²) in [6.45, 7) is -0.142. The third kappa shape index (κ3) is 22.8. The van der Waals surface area contributed by atoms with Gasteiger partial charge in [0, 0.05) is 6.42 Å². The number of aliphatic hydroxyl groups excluding tert-OH is 1. The molecule has 0 aliphatic carbocycles. The number of carboxylic acids is 1. The van der Waals surface area contributed by atoms with E-state index >= 15 is 0 Å². The molecule has 2 aromatic rings. The fraction of sp³-hybridized carbons (Fsp3) is 0.350. The summed E-state index contributed by atoms with van der Waals surface area (Å²) in [7, 11) is 0.500. The number of carbonyl (C=O) groups excluding carboxylic acids is 4. The second-order valence-corrected chi connectivity index (χ2v) is 5.11. The van der Waals surface area contributed by atoms with E-state index < -0.39 is 12.9 Å². The van der Waals surface area contributed by atoms with Gasteiger partial charge < -0.3 is 28.6 Å². The van der Waals surface area contributed by atoms with E-state index in [1.54, 1.807) is 12.1 Å². The first-order valence-corrected chi connectivity index (χ1v) is 8.72. The van der Waals surface area contributed by atoms with Crippen LogP contribution in [0.3, 0.4) is 0 Å². The van der Waals surface area contributed by atoms with Crippen molar-refractivity contribution in [3.63, 3.8) is 0 Å². The summed E-state index contributed by atoms with van der Waals surface area (Å²) in [4.78, 5) is 49.6. The third-order valence-corrected chi connectivity index (χ3v) is 2.74. The number of hydrogen-bond donors (Lipinski definition) is 2. The van der Waals surface area contributed by atoms with E-state index in [0.29, 0.717) is 37.7 Å². The monoisotopic (exact) mass is 482 g/mol. The highest BCUT2D eigenvalue weighted by atomic mass is 19.3. The van der Waals surface area contributed by atoms with Gasteiger partial charge in [-0.05, 0) is 31.2 Å². The van der Waals surface area contributed by atoms with Crippen molar-refractivity contribution in [2.24, 2.45) is 0 Å². The van der Waals surface area contributed by atoms with Crippen LogP contribution in [0.1, 0.15) is 52.4 Å². The molecule has 2 heterocycles. The molecule has 186 valence electrons. The lowest BCUT2D eigenvalue weighted by Crippen LogP contribution is -1.98. The zero-order chi connectivity index (χ0) is 26.1. The smallest absolute Gasteiger partial charge is 0.303 e. The molecule has 0 atom stereocenters. The number of hydrogen-bond acceptors (Lipinski definition) is 9. The topological polar surface area (TPSA) is 161 Å². The highest BCUT2D eigenvalue weighted by Gasteiger charge is 1.99. The standard InChI is InChI=1S/C7H6O4.C6H6O3.C5H8O3.CH2F2.CH3F/c8-3-6-1-2-7(11-6)4-10-5-9;7-3-5-1-2-6(4-8)9-5;1-4(6)2-3-5(7)8;2-1-3;1-2/h1-3,5H,4H2;1-3,8H,4H2;2-3H2,1H3,(H,7,8);1H2;1H3. The summed E-state index contributed by atoms with van der Waals surface area (Å²) in [6, 6.07) is 6.16. The fourth-order valence-corrected chi connectivity index (χ4v) is 1.48. The lowest BCUT2D eigenvalue weighted by Gasteiger charge is -1.90. The highest BCUT2D eigenvalue weighted by Crippen LogP contribution is 2.06. The summed E-state index contributed by atoms with van der Waals surface area (Å²) >= 11 is 0. The van der Waals surface area contributed by atoms with E-state index in [1.807, 2.05) is 0 Å². The molecule has 0 aliphatic heterocycles. The Balaban J connectivity index is -0.000000376. The third-order valence-electron chi connectivity index (χ3n) is 2.74. The summed E-state index contributed by atoms with van der Waals surface area (Å²) in [5, 5.41) is 16.4. The minimum absolute atomic E-state index is 0.0463. The van der Waals surface area contributed by atoms with Crippen molar-refractivity contribution >= 4 is 30.8 Å². The van der Waals surface area contributed by atoms with Crippen molar-refractivity contribution < 1.29 is 60.9 Å². The van der Waals surface area contributed by atoms with Crippen LogP contribution >= 0.6 is 0 Å². The van der Waals surface area contributed by atoms with E-state index in [-0.39, 0.29) is 43.4 Å². The highest BCUT2D eigenvalue weighted by molar-refractivity contribution is 5.80. The van der Waals surface area contributed by atoms with Crippen molar-refractivity contribution in [1.82, 2.24) is 0 Å². The average molecular weight is 482 g/mol. The molecule has 0 radical (unpaired) electrons. The Morgan fingerprint density at radius 3 is 1.67 bits per heavy atom. The van der Waals surface area contributed by atoms with Crippen molar-refractivity contribution in [3.05, 3.63) is 47.3 Å². The van der Waals surface area contributed by atoms with Gasteiger partial charge in [0.2, 0.25) is 6.93 Å². The van der Waals surface area contributed by atoms with E-state index in [0.717, 1.165) is 0 Å². The number of ketones is 1. The molecule has 0 amide bonds. The molecule has 0 saturated heterocycles. The van der Waals surface area contributed by atoms with Crippen molar-refractivity contribution in [1.29, 1.82) is 0 Å². The van der Waals surface area contributed by atoms with Gasteiger partial charge in [-0.3, -0.25) is 23.6 Å². The zero-order valence-electron chi connectivity index (χ0n) is 17.9. The Morgan fingerprint density at radius 1 is 0.939 bits per heavy atom. The van der Waals surface area contributed by atoms with Crippen LogP contribution in [0.4, 0.5) is 13.2 Å². The number of rotatable bonds is 9. The van der Waals surface area contributed by atoms with Crippen LogP contribution < -0.4 is 0 Å². The van der Waals surface area contributed by atoms with Crippen LogP contribution in [-0.2, 0) is 32.3 Å². The number of halogens is 3. The quantitative estimate of drug-likeness (QED) is 0.507. The number of aldehydes is 2. The van der Waals surface area contributed by atoms with Crippen molar-refractivity contribution in [2.75, 3.05) is 14.1 Å². The molecule has 0 bridgehead atoms. The van der Waals surface area contributed by atoms with Gasteiger partial charge in [0.05, 0.1) is 13.6 Å². The molecule has 0 fully saturated rings. The second kappa shape index (κ2) is 24.5. The van der Waals surface area contributed by atoms with Gasteiger partial charge >= 0.3 is 5.97 Å². The van der Waals surface area contributed by atoms with Gasteiger partial charge in [0.25, 0.3) is 6.47 Å². The number of aliphatic carboxylic acids is 1. The predicted octanol–water partition coefficient (Wildman–Crippen LogP) is 3.26. The molecule has 0 aliphatic rings. The SMILES string of the molecule is CC(=O)CCC(=O)O.CF.FCF.O=COCc1ccc(C=O)o1.O=Cc1ccc(CO)o1. The summed E-state index contributed by atoms with van der Waals surface area (Å²) in [5.41, 5.74) is 0. The number of aliphatic hydroxyl groups is 1. The molecule has 0 unspecified atom stereocenters. The maximum Gasteiger partial charge on any atom is 0.303 e. The number of Topliss-reactive ketones (excluding diaryl/α,β-unsaturated/α-hetero) is 1. The molecule has 2 aromatic heterocycles.